The molecule has 2 heterocycles. The van der Waals surface area contributed by atoms with Crippen molar-refractivity contribution < 1.29 is 4.79 Å². The number of carbonyl (C=O) groups excluding carboxylic acids is 1. The maximum Gasteiger partial charge on any atom is 0.283 e. The Kier molecular flexibility index (Phi) is 2.56. The Hall–Kier alpha value is -2.21. The van der Waals surface area contributed by atoms with Crippen LogP contribution in [0.4, 0.5) is 0 Å². The van der Waals surface area contributed by atoms with Crippen LogP contribution >= 0.6 is 11.8 Å². The predicted octanol–water partition coefficient (Wildman–Crippen LogP) is 1.94. The average Bonchev–Trinajstić information content (AvgIpc) is 2.84. The predicted molar refractivity (Wildman–Crippen MR) is 72.5 cm³/mol. The largest absolute Gasteiger partial charge is 0.283 e. The highest BCUT2D eigenvalue weighted by Crippen LogP contribution is 2.24. The first-order valence-corrected chi connectivity index (χ1v) is 6.11. The van der Waals surface area contributed by atoms with E-state index in [1.807, 2.05) is 30.3 Å². The van der Waals surface area contributed by atoms with E-state index in [-0.39, 0.29) is 11.4 Å². The Balaban J connectivity index is 2.03. The van der Waals surface area contributed by atoms with Gasteiger partial charge in [-0.15, -0.1) is 0 Å². The molecule has 1 N–H and O–H groups in total. The molecule has 1 aromatic carbocycles. The number of fused-ring (bicyclic) bond motifs is 1. The number of thioether (sulfide) groups is 1. The molecule has 6 heteroatoms. The quantitative estimate of drug-likeness (QED) is 0.781. The summed E-state index contributed by atoms with van der Waals surface area (Å²) in [5.74, 6) is -0.330. The standard InChI is InChI=1S/C12H8N4OS/c13-10-9(6-8-4-2-1-3-5-8)11(17)15-12-16(10)14-7-18-12/h1-7,13H/b9-6+,13-10?. The zero-order valence-electron chi connectivity index (χ0n) is 9.20. The van der Waals surface area contributed by atoms with E-state index in [2.05, 4.69) is 10.1 Å². The van der Waals surface area contributed by atoms with Gasteiger partial charge in [0.1, 0.15) is 0 Å². The molecule has 1 amide bonds. The number of amidine groups is 2. The molecular formula is C12H8N4OS. The van der Waals surface area contributed by atoms with Gasteiger partial charge in [-0.25, -0.2) is 0 Å². The number of hydrazone groups is 1. The maximum absolute atomic E-state index is 11.9. The molecule has 18 heavy (non-hydrogen) atoms. The molecule has 0 radical (unpaired) electrons. The number of aliphatic imine (C=N–C) groups is 1. The Morgan fingerprint density at radius 2 is 2.06 bits per heavy atom. The van der Waals surface area contributed by atoms with Crippen LogP contribution in [0.2, 0.25) is 0 Å². The van der Waals surface area contributed by atoms with Gasteiger partial charge in [0.05, 0.1) is 11.1 Å². The van der Waals surface area contributed by atoms with E-state index >= 15 is 0 Å². The van der Waals surface area contributed by atoms with Crippen molar-refractivity contribution in [1.29, 1.82) is 5.41 Å². The molecule has 0 aromatic heterocycles. The van der Waals surface area contributed by atoms with E-state index in [0.717, 1.165) is 5.56 Å². The van der Waals surface area contributed by atoms with Crippen molar-refractivity contribution in [2.75, 3.05) is 0 Å². The van der Waals surface area contributed by atoms with Gasteiger partial charge in [0.25, 0.3) is 5.91 Å². The van der Waals surface area contributed by atoms with Crippen LogP contribution in [0.5, 0.6) is 0 Å². The van der Waals surface area contributed by atoms with Crippen LogP contribution in [-0.4, -0.2) is 27.5 Å². The lowest BCUT2D eigenvalue weighted by Gasteiger charge is -2.20. The summed E-state index contributed by atoms with van der Waals surface area (Å²) in [5.41, 5.74) is 2.68. The summed E-state index contributed by atoms with van der Waals surface area (Å²) in [4.78, 5) is 15.8. The van der Waals surface area contributed by atoms with Crippen LogP contribution in [0.1, 0.15) is 5.56 Å². The second kappa shape index (κ2) is 4.23. The Labute approximate surface area is 107 Å². The molecule has 1 aromatic rings. The average molecular weight is 256 g/mol. The summed E-state index contributed by atoms with van der Waals surface area (Å²) in [6.45, 7) is 0. The van der Waals surface area contributed by atoms with Crippen molar-refractivity contribution >= 4 is 40.3 Å². The summed E-state index contributed by atoms with van der Waals surface area (Å²) in [7, 11) is 0. The molecule has 0 aliphatic carbocycles. The van der Waals surface area contributed by atoms with Gasteiger partial charge in [-0.1, -0.05) is 30.3 Å². The molecule has 0 unspecified atom stereocenters. The molecule has 5 nitrogen and oxygen atoms in total. The molecule has 0 fully saturated rings. The minimum absolute atomic E-state index is 0.0649. The van der Waals surface area contributed by atoms with Crippen LogP contribution in [0.25, 0.3) is 6.08 Å². The first-order valence-electron chi connectivity index (χ1n) is 5.23. The van der Waals surface area contributed by atoms with E-state index in [1.54, 1.807) is 11.6 Å². The lowest BCUT2D eigenvalue weighted by molar-refractivity contribution is -0.114. The lowest BCUT2D eigenvalue weighted by atomic mass is 10.1. The van der Waals surface area contributed by atoms with Gasteiger partial charge in [0, 0.05) is 0 Å². The van der Waals surface area contributed by atoms with E-state index in [1.165, 1.54) is 16.8 Å². The second-order valence-electron chi connectivity index (χ2n) is 3.67. The number of nitrogens with one attached hydrogen (secondary N) is 1. The van der Waals surface area contributed by atoms with E-state index < -0.39 is 5.91 Å². The number of amides is 1. The van der Waals surface area contributed by atoms with Crippen molar-refractivity contribution in [3.63, 3.8) is 0 Å². The molecule has 88 valence electrons. The molecule has 0 spiro atoms. The molecule has 0 saturated heterocycles. The van der Waals surface area contributed by atoms with Gasteiger partial charge in [0.15, 0.2) is 11.0 Å². The van der Waals surface area contributed by atoms with Crippen molar-refractivity contribution in [2.24, 2.45) is 10.1 Å². The van der Waals surface area contributed by atoms with Gasteiger partial charge in [0.2, 0.25) is 0 Å². The maximum atomic E-state index is 11.9. The zero-order valence-corrected chi connectivity index (χ0v) is 10.0. The highest BCUT2D eigenvalue weighted by atomic mass is 32.2. The van der Waals surface area contributed by atoms with Crippen molar-refractivity contribution in [3.05, 3.63) is 41.5 Å². The van der Waals surface area contributed by atoms with Crippen LogP contribution in [0.15, 0.2) is 46.0 Å². The minimum atomic E-state index is -0.395. The van der Waals surface area contributed by atoms with Crippen LogP contribution in [0.3, 0.4) is 0 Å². The van der Waals surface area contributed by atoms with Crippen LogP contribution < -0.4 is 0 Å². The highest BCUT2D eigenvalue weighted by molar-refractivity contribution is 8.25. The lowest BCUT2D eigenvalue weighted by Crippen LogP contribution is -2.35. The first kappa shape index (κ1) is 10.9. The first-order chi connectivity index (χ1) is 8.75. The van der Waals surface area contributed by atoms with Crippen molar-refractivity contribution in [1.82, 2.24) is 5.01 Å². The van der Waals surface area contributed by atoms with Gasteiger partial charge in [-0.2, -0.15) is 15.1 Å². The number of hydrogen-bond donors (Lipinski definition) is 1. The number of carbonyl (C=O) groups is 1. The topological polar surface area (TPSA) is 68.9 Å². The fraction of sp³-hybridized carbons (Fsp3) is 0. The van der Waals surface area contributed by atoms with E-state index in [0.29, 0.717) is 5.17 Å². The van der Waals surface area contributed by atoms with Gasteiger partial charge < -0.3 is 0 Å². The van der Waals surface area contributed by atoms with Gasteiger partial charge in [-0.3, -0.25) is 10.2 Å². The van der Waals surface area contributed by atoms with Gasteiger partial charge in [-0.05, 0) is 23.4 Å². The second-order valence-corrected chi connectivity index (χ2v) is 4.48. The molecular weight excluding hydrogens is 248 g/mol. The number of nitrogens with zero attached hydrogens (tertiary/aromatic N) is 3. The van der Waals surface area contributed by atoms with Gasteiger partial charge >= 0.3 is 0 Å². The van der Waals surface area contributed by atoms with Crippen molar-refractivity contribution in [2.45, 2.75) is 0 Å². The van der Waals surface area contributed by atoms with E-state index in [4.69, 9.17) is 5.41 Å². The molecule has 3 rings (SSSR count). The fourth-order valence-corrected chi connectivity index (χ4v) is 2.26. The number of rotatable bonds is 1. The van der Waals surface area contributed by atoms with Crippen LogP contribution in [-0.2, 0) is 4.79 Å². The molecule has 2 aliphatic rings. The molecule has 0 saturated carbocycles. The Bertz CT molecular complexity index is 618. The smallest absolute Gasteiger partial charge is 0.282 e. The van der Waals surface area contributed by atoms with Crippen molar-refractivity contribution in [3.8, 4) is 0 Å². The third kappa shape index (κ3) is 1.76. The number of hydrogen-bond acceptors (Lipinski definition) is 4. The zero-order chi connectivity index (χ0) is 12.5. The Morgan fingerprint density at radius 3 is 2.83 bits per heavy atom. The SMILES string of the molecule is N=C1/C(=C\c2ccccc2)C(=O)N=C2SC=NN12. The van der Waals surface area contributed by atoms with E-state index in [9.17, 15) is 4.79 Å². The van der Waals surface area contributed by atoms with Crippen LogP contribution in [0, 0.1) is 5.41 Å². The third-order valence-corrected chi connectivity index (χ3v) is 3.18. The minimum Gasteiger partial charge on any atom is -0.282 e. The fourth-order valence-electron chi connectivity index (χ4n) is 1.65. The Morgan fingerprint density at radius 1 is 1.28 bits per heavy atom. The third-order valence-electron chi connectivity index (χ3n) is 2.51. The monoisotopic (exact) mass is 256 g/mol. The summed E-state index contributed by atoms with van der Waals surface area (Å²) in [6, 6.07) is 9.39. The highest BCUT2D eigenvalue weighted by Gasteiger charge is 2.32. The molecule has 0 bridgehead atoms. The summed E-state index contributed by atoms with van der Waals surface area (Å²) in [6.07, 6.45) is 1.66. The summed E-state index contributed by atoms with van der Waals surface area (Å²) < 4.78 is 0. The summed E-state index contributed by atoms with van der Waals surface area (Å²) in [5, 5.41) is 13.8. The normalized spacial score (nSPS) is 20.3. The molecule has 0 atom stereocenters. The number of benzene rings is 1. The summed E-state index contributed by atoms with van der Waals surface area (Å²) >= 11 is 1.24. The molecule has 2 aliphatic heterocycles.